The summed E-state index contributed by atoms with van der Waals surface area (Å²) in [6.45, 7) is 5.34. The molecule has 0 spiro atoms. The summed E-state index contributed by atoms with van der Waals surface area (Å²) in [5.41, 5.74) is 5.04. The first-order chi connectivity index (χ1) is 10.3. The van der Waals surface area contributed by atoms with Crippen molar-refractivity contribution in [1.82, 2.24) is 4.98 Å². The Hall–Kier alpha value is -2.03. The summed E-state index contributed by atoms with van der Waals surface area (Å²) in [5.74, 6) is 0. The van der Waals surface area contributed by atoms with E-state index in [2.05, 4.69) is 52.5 Å². The monoisotopic (exact) mass is 281 g/mol. The van der Waals surface area contributed by atoms with Crippen LogP contribution in [0.25, 0.3) is 0 Å². The molecule has 1 aliphatic heterocycles. The van der Waals surface area contributed by atoms with E-state index in [4.69, 9.17) is 0 Å². The van der Waals surface area contributed by atoms with Gasteiger partial charge in [-0.15, -0.1) is 0 Å². The number of benzene rings is 1. The number of piperidine rings is 1. The lowest BCUT2D eigenvalue weighted by atomic mass is 10.1. The quantitative estimate of drug-likeness (QED) is 0.918. The highest BCUT2D eigenvalue weighted by atomic mass is 15.1. The van der Waals surface area contributed by atoms with Gasteiger partial charge in [0.1, 0.15) is 0 Å². The highest BCUT2D eigenvalue weighted by molar-refractivity contribution is 5.55. The SMILES string of the molecule is Cc1ccncc1CNc1ccc(N2CCCCC2)cc1. The van der Waals surface area contributed by atoms with E-state index in [1.165, 1.54) is 54.9 Å². The molecule has 0 aliphatic carbocycles. The van der Waals surface area contributed by atoms with Crippen molar-refractivity contribution < 1.29 is 0 Å². The number of aryl methyl sites for hydroxylation is 1. The molecule has 0 bridgehead atoms. The number of pyridine rings is 1. The van der Waals surface area contributed by atoms with Crippen LogP contribution in [-0.2, 0) is 6.54 Å². The fourth-order valence-corrected chi connectivity index (χ4v) is 2.82. The van der Waals surface area contributed by atoms with Crippen molar-refractivity contribution in [2.24, 2.45) is 0 Å². The van der Waals surface area contributed by atoms with Crippen molar-refractivity contribution in [2.75, 3.05) is 23.3 Å². The summed E-state index contributed by atoms with van der Waals surface area (Å²) in [4.78, 5) is 6.67. The highest BCUT2D eigenvalue weighted by Gasteiger charge is 2.10. The Labute approximate surface area is 127 Å². The van der Waals surface area contributed by atoms with Gasteiger partial charge in [-0.25, -0.2) is 0 Å². The van der Waals surface area contributed by atoms with Crippen LogP contribution in [0.5, 0.6) is 0 Å². The van der Waals surface area contributed by atoms with Crippen molar-refractivity contribution in [2.45, 2.75) is 32.7 Å². The van der Waals surface area contributed by atoms with E-state index in [9.17, 15) is 0 Å². The molecule has 0 unspecified atom stereocenters. The van der Waals surface area contributed by atoms with Crippen LogP contribution in [0.15, 0.2) is 42.7 Å². The first-order valence-electron chi connectivity index (χ1n) is 7.81. The maximum atomic E-state index is 4.19. The summed E-state index contributed by atoms with van der Waals surface area (Å²) in [5, 5.41) is 3.47. The topological polar surface area (TPSA) is 28.2 Å². The van der Waals surface area contributed by atoms with Gasteiger partial charge in [-0.1, -0.05) is 0 Å². The summed E-state index contributed by atoms with van der Waals surface area (Å²) in [7, 11) is 0. The standard InChI is InChI=1S/C18H23N3/c1-15-9-10-19-13-16(15)14-20-17-5-7-18(8-6-17)21-11-3-2-4-12-21/h5-10,13,20H,2-4,11-12,14H2,1H3. The van der Waals surface area contributed by atoms with Gasteiger partial charge in [0, 0.05) is 43.4 Å². The van der Waals surface area contributed by atoms with Gasteiger partial charge in [-0.05, 0) is 67.6 Å². The predicted octanol–water partition coefficient (Wildman–Crippen LogP) is 3.99. The lowest BCUT2D eigenvalue weighted by Gasteiger charge is -2.28. The predicted molar refractivity (Wildman–Crippen MR) is 88.8 cm³/mol. The fraction of sp³-hybridized carbons (Fsp3) is 0.389. The molecule has 0 radical (unpaired) electrons. The van der Waals surface area contributed by atoms with E-state index in [1.54, 1.807) is 0 Å². The summed E-state index contributed by atoms with van der Waals surface area (Å²) >= 11 is 0. The molecular weight excluding hydrogens is 258 g/mol. The van der Waals surface area contributed by atoms with Crippen LogP contribution in [0.3, 0.4) is 0 Å². The Morgan fingerprint density at radius 3 is 2.52 bits per heavy atom. The molecule has 0 saturated carbocycles. The second-order valence-electron chi connectivity index (χ2n) is 5.75. The molecule has 3 heteroatoms. The molecule has 1 aromatic carbocycles. The molecule has 1 N–H and O–H groups in total. The van der Waals surface area contributed by atoms with Gasteiger partial charge >= 0.3 is 0 Å². The maximum absolute atomic E-state index is 4.19. The zero-order valence-electron chi connectivity index (χ0n) is 12.7. The van der Waals surface area contributed by atoms with Crippen molar-refractivity contribution in [3.05, 3.63) is 53.9 Å². The van der Waals surface area contributed by atoms with E-state index in [0.717, 1.165) is 6.54 Å². The number of anilines is 2. The van der Waals surface area contributed by atoms with Gasteiger partial charge in [0.2, 0.25) is 0 Å². The highest BCUT2D eigenvalue weighted by Crippen LogP contribution is 2.22. The largest absolute Gasteiger partial charge is 0.381 e. The smallest absolute Gasteiger partial charge is 0.0418 e. The molecule has 3 rings (SSSR count). The normalized spacial score (nSPS) is 15.0. The van der Waals surface area contributed by atoms with E-state index >= 15 is 0 Å². The summed E-state index contributed by atoms with van der Waals surface area (Å²) < 4.78 is 0. The van der Waals surface area contributed by atoms with Crippen LogP contribution in [0.1, 0.15) is 30.4 Å². The van der Waals surface area contributed by atoms with Crippen LogP contribution in [0.2, 0.25) is 0 Å². The Bertz CT molecular complexity index is 571. The third-order valence-electron chi connectivity index (χ3n) is 4.22. The lowest BCUT2D eigenvalue weighted by molar-refractivity contribution is 0.578. The van der Waals surface area contributed by atoms with Crippen LogP contribution in [0.4, 0.5) is 11.4 Å². The number of hydrogen-bond acceptors (Lipinski definition) is 3. The molecule has 21 heavy (non-hydrogen) atoms. The minimum Gasteiger partial charge on any atom is -0.381 e. The van der Waals surface area contributed by atoms with Gasteiger partial charge < -0.3 is 10.2 Å². The van der Waals surface area contributed by atoms with E-state index in [0.29, 0.717) is 0 Å². The van der Waals surface area contributed by atoms with E-state index < -0.39 is 0 Å². The molecule has 1 aromatic heterocycles. The van der Waals surface area contributed by atoms with Gasteiger partial charge in [0.05, 0.1) is 0 Å². The molecular formula is C18H23N3. The maximum Gasteiger partial charge on any atom is 0.0418 e. The molecule has 0 amide bonds. The first kappa shape index (κ1) is 13.9. The van der Waals surface area contributed by atoms with Crippen LogP contribution < -0.4 is 10.2 Å². The number of nitrogens with zero attached hydrogens (tertiary/aromatic N) is 2. The van der Waals surface area contributed by atoms with Crippen molar-refractivity contribution in [1.29, 1.82) is 0 Å². The van der Waals surface area contributed by atoms with Crippen LogP contribution in [-0.4, -0.2) is 18.1 Å². The second-order valence-corrected chi connectivity index (χ2v) is 5.75. The van der Waals surface area contributed by atoms with Gasteiger partial charge in [-0.2, -0.15) is 0 Å². The summed E-state index contributed by atoms with van der Waals surface area (Å²) in [6, 6.07) is 10.9. The minimum atomic E-state index is 0.822. The van der Waals surface area contributed by atoms with Crippen LogP contribution >= 0.6 is 0 Å². The van der Waals surface area contributed by atoms with Crippen LogP contribution in [0, 0.1) is 6.92 Å². The van der Waals surface area contributed by atoms with Crippen molar-refractivity contribution in [3.63, 3.8) is 0 Å². The van der Waals surface area contributed by atoms with Gasteiger partial charge in [0.15, 0.2) is 0 Å². The Morgan fingerprint density at radius 1 is 1.05 bits per heavy atom. The average Bonchev–Trinajstić information content (AvgIpc) is 2.55. The third-order valence-corrected chi connectivity index (χ3v) is 4.22. The fourth-order valence-electron chi connectivity index (χ4n) is 2.82. The number of aromatic nitrogens is 1. The Morgan fingerprint density at radius 2 is 1.81 bits per heavy atom. The Balaban J connectivity index is 1.60. The molecule has 110 valence electrons. The number of hydrogen-bond donors (Lipinski definition) is 1. The Kier molecular flexibility index (Phi) is 4.39. The van der Waals surface area contributed by atoms with Gasteiger partial charge in [0.25, 0.3) is 0 Å². The molecule has 1 fully saturated rings. The molecule has 2 heterocycles. The number of nitrogens with one attached hydrogen (secondary N) is 1. The molecule has 3 nitrogen and oxygen atoms in total. The molecule has 0 atom stereocenters. The summed E-state index contributed by atoms with van der Waals surface area (Å²) in [6.07, 6.45) is 7.79. The van der Waals surface area contributed by atoms with Crippen molar-refractivity contribution >= 4 is 11.4 Å². The first-order valence-corrected chi connectivity index (χ1v) is 7.81. The van der Waals surface area contributed by atoms with Gasteiger partial charge in [-0.3, -0.25) is 4.98 Å². The number of rotatable bonds is 4. The lowest BCUT2D eigenvalue weighted by Crippen LogP contribution is -2.29. The second kappa shape index (κ2) is 6.61. The average molecular weight is 281 g/mol. The molecule has 2 aromatic rings. The zero-order valence-corrected chi connectivity index (χ0v) is 12.7. The zero-order chi connectivity index (χ0) is 14.5. The third kappa shape index (κ3) is 3.54. The molecule has 1 aliphatic rings. The minimum absolute atomic E-state index is 0.822. The van der Waals surface area contributed by atoms with E-state index in [1.807, 2.05) is 12.4 Å². The van der Waals surface area contributed by atoms with Crippen molar-refractivity contribution in [3.8, 4) is 0 Å². The van der Waals surface area contributed by atoms with E-state index in [-0.39, 0.29) is 0 Å². The molecule has 1 saturated heterocycles.